The van der Waals surface area contributed by atoms with Crippen LogP contribution in [0.15, 0.2) is 0 Å². The van der Waals surface area contributed by atoms with E-state index in [1.54, 1.807) is 0 Å². The zero-order chi connectivity index (χ0) is 11.4. The van der Waals surface area contributed by atoms with Crippen LogP contribution < -0.4 is 0 Å². The largest absolute Gasteiger partial charge is 0.0683 e. The highest BCUT2D eigenvalue weighted by molar-refractivity contribution is 4.64. The van der Waals surface area contributed by atoms with Crippen LogP contribution in [0.5, 0.6) is 0 Å². The van der Waals surface area contributed by atoms with E-state index in [2.05, 4.69) is 27.7 Å². The average molecular weight is 200 g/mol. The number of unbranched alkanes of at least 4 members (excludes halogenated alkanes) is 1. The monoisotopic (exact) mass is 200 g/mol. The van der Waals surface area contributed by atoms with Crippen molar-refractivity contribution in [1.82, 2.24) is 0 Å². The second-order valence-corrected chi connectivity index (χ2v) is 4.08. The van der Waals surface area contributed by atoms with Crippen LogP contribution in [0.3, 0.4) is 0 Å². The van der Waals surface area contributed by atoms with Crippen LogP contribution in [0.2, 0.25) is 0 Å². The third kappa shape index (κ3) is 8.59. The first kappa shape index (κ1) is 16.4. The molecular formula is C14H32. The molecule has 0 aliphatic carbocycles. The van der Waals surface area contributed by atoms with Gasteiger partial charge in [0, 0.05) is 0 Å². The third-order valence-electron chi connectivity index (χ3n) is 3.04. The second-order valence-electron chi connectivity index (χ2n) is 4.08. The van der Waals surface area contributed by atoms with E-state index in [4.69, 9.17) is 0 Å². The summed E-state index contributed by atoms with van der Waals surface area (Å²) in [6.45, 7) is 13.3. The van der Waals surface area contributed by atoms with Crippen molar-refractivity contribution in [2.24, 2.45) is 11.8 Å². The van der Waals surface area contributed by atoms with Crippen molar-refractivity contribution in [3.63, 3.8) is 0 Å². The molecule has 0 spiro atoms. The quantitative estimate of drug-likeness (QED) is 0.497. The summed E-state index contributed by atoms with van der Waals surface area (Å²) in [6.07, 6.45) is 8.40. The van der Waals surface area contributed by atoms with Crippen molar-refractivity contribution < 1.29 is 0 Å². The van der Waals surface area contributed by atoms with E-state index in [1.807, 2.05) is 13.8 Å². The normalized spacial score (nSPS) is 14.1. The minimum atomic E-state index is 0.941. The van der Waals surface area contributed by atoms with E-state index >= 15 is 0 Å². The summed E-state index contributed by atoms with van der Waals surface area (Å²) in [5.74, 6) is 1.94. The Bertz CT molecular complexity index is 86.0. The first-order chi connectivity index (χ1) is 6.76. The lowest BCUT2D eigenvalue weighted by molar-refractivity contribution is 0.298. The van der Waals surface area contributed by atoms with Gasteiger partial charge in [0.1, 0.15) is 0 Å². The Morgan fingerprint density at radius 1 is 0.857 bits per heavy atom. The van der Waals surface area contributed by atoms with Crippen LogP contribution in [0.25, 0.3) is 0 Å². The van der Waals surface area contributed by atoms with E-state index in [0.29, 0.717) is 0 Å². The Hall–Kier alpha value is 0. The fraction of sp³-hybridized carbons (Fsp3) is 1.00. The smallest absolute Gasteiger partial charge is 0.0389 e. The summed E-state index contributed by atoms with van der Waals surface area (Å²) < 4.78 is 0. The van der Waals surface area contributed by atoms with Gasteiger partial charge < -0.3 is 0 Å². The van der Waals surface area contributed by atoms with Gasteiger partial charge >= 0.3 is 0 Å². The van der Waals surface area contributed by atoms with Crippen LogP contribution >= 0.6 is 0 Å². The first-order valence-electron chi connectivity index (χ1n) is 6.76. The van der Waals surface area contributed by atoms with E-state index < -0.39 is 0 Å². The third-order valence-corrected chi connectivity index (χ3v) is 3.04. The van der Waals surface area contributed by atoms with Gasteiger partial charge in [-0.05, 0) is 11.8 Å². The molecular weight excluding hydrogens is 168 g/mol. The van der Waals surface area contributed by atoms with Gasteiger partial charge in [-0.15, -0.1) is 0 Å². The summed E-state index contributed by atoms with van der Waals surface area (Å²) in [6, 6.07) is 0. The van der Waals surface area contributed by atoms with Gasteiger partial charge in [-0.2, -0.15) is 0 Å². The highest BCUT2D eigenvalue weighted by Crippen LogP contribution is 2.25. The topological polar surface area (TPSA) is 0 Å². The van der Waals surface area contributed by atoms with Crippen molar-refractivity contribution >= 4 is 0 Å². The predicted octanol–water partition coefficient (Wildman–Crippen LogP) is 5.67. The average Bonchev–Trinajstić information content (AvgIpc) is 2.26. The summed E-state index contributed by atoms with van der Waals surface area (Å²) in [4.78, 5) is 0. The Morgan fingerprint density at radius 3 is 1.79 bits per heavy atom. The summed E-state index contributed by atoms with van der Waals surface area (Å²) in [5.41, 5.74) is 0. The molecule has 0 aliphatic rings. The standard InChI is InChI=1S/C12H26.C2H6/c1-5-8-10-12(9-6-2)11(4)7-3;1-2/h11-12H,5-10H2,1-4H3;1-2H3. The molecule has 0 aliphatic heterocycles. The molecule has 0 N–H and O–H groups in total. The number of rotatable bonds is 7. The van der Waals surface area contributed by atoms with Gasteiger partial charge in [0.25, 0.3) is 0 Å². The molecule has 0 bridgehead atoms. The predicted molar refractivity (Wildman–Crippen MR) is 68.7 cm³/mol. The lowest BCUT2D eigenvalue weighted by Crippen LogP contribution is -2.10. The molecule has 0 radical (unpaired) electrons. The zero-order valence-electron chi connectivity index (χ0n) is 11.4. The van der Waals surface area contributed by atoms with Gasteiger partial charge in [-0.25, -0.2) is 0 Å². The molecule has 14 heavy (non-hydrogen) atoms. The van der Waals surface area contributed by atoms with Gasteiger partial charge in [-0.3, -0.25) is 0 Å². The molecule has 0 saturated heterocycles. The molecule has 2 atom stereocenters. The maximum atomic E-state index is 2.41. The minimum absolute atomic E-state index is 0.941. The van der Waals surface area contributed by atoms with E-state index in [9.17, 15) is 0 Å². The molecule has 0 heteroatoms. The molecule has 2 unspecified atom stereocenters. The minimum Gasteiger partial charge on any atom is -0.0683 e. The van der Waals surface area contributed by atoms with Crippen LogP contribution in [-0.2, 0) is 0 Å². The Morgan fingerprint density at radius 2 is 1.43 bits per heavy atom. The van der Waals surface area contributed by atoms with Gasteiger partial charge in [0.15, 0.2) is 0 Å². The van der Waals surface area contributed by atoms with Crippen molar-refractivity contribution in [2.75, 3.05) is 0 Å². The van der Waals surface area contributed by atoms with E-state index in [1.165, 1.54) is 38.5 Å². The highest BCUT2D eigenvalue weighted by Gasteiger charge is 2.13. The Balaban J connectivity index is 0. The Kier molecular flexibility index (Phi) is 15.3. The molecule has 0 amide bonds. The summed E-state index contributed by atoms with van der Waals surface area (Å²) in [5, 5.41) is 0. The van der Waals surface area contributed by atoms with Crippen LogP contribution in [0, 0.1) is 11.8 Å². The molecule has 88 valence electrons. The van der Waals surface area contributed by atoms with Crippen LogP contribution in [0.1, 0.15) is 80.1 Å². The molecule has 0 aromatic rings. The maximum Gasteiger partial charge on any atom is -0.0389 e. The molecule has 0 saturated carbocycles. The maximum absolute atomic E-state index is 2.41. The fourth-order valence-electron chi connectivity index (χ4n) is 1.88. The number of hydrogen-bond donors (Lipinski definition) is 0. The number of hydrogen-bond acceptors (Lipinski definition) is 0. The second kappa shape index (κ2) is 13.0. The zero-order valence-corrected chi connectivity index (χ0v) is 11.4. The lowest BCUT2D eigenvalue weighted by Gasteiger charge is -2.22. The highest BCUT2D eigenvalue weighted by atomic mass is 14.2. The van der Waals surface area contributed by atoms with Gasteiger partial charge in [0.05, 0.1) is 0 Å². The Labute approximate surface area is 92.5 Å². The molecule has 0 aromatic heterocycles. The molecule has 0 fully saturated rings. The van der Waals surface area contributed by atoms with E-state index in [-0.39, 0.29) is 0 Å². The van der Waals surface area contributed by atoms with E-state index in [0.717, 1.165) is 11.8 Å². The molecule has 0 aromatic carbocycles. The van der Waals surface area contributed by atoms with Crippen molar-refractivity contribution in [3.8, 4) is 0 Å². The van der Waals surface area contributed by atoms with Gasteiger partial charge in [-0.1, -0.05) is 80.1 Å². The summed E-state index contributed by atoms with van der Waals surface area (Å²) in [7, 11) is 0. The summed E-state index contributed by atoms with van der Waals surface area (Å²) >= 11 is 0. The fourth-order valence-corrected chi connectivity index (χ4v) is 1.88. The molecule has 0 nitrogen and oxygen atoms in total. The van der Waals surface area contributed by atoms with Crippen molar-refractivity contribution in [1.29, 1.82) is 0 Å². The molecule has 0 rings (SSSR count). The van der Waals surface area contributed by atoms with Crippen LogP contribution in [-0.4, -0.2) is 0 Å². The van der Waals surface area contributed by atoms with Crippen LogP contribution in [0.4, 0.5) is 0 Å². The SMILES string of the molecule is CC.CCCCC(CCC)C(C)CC. The first-order valence-corrected chi connectivity index (χ1v) is 6.76. The van der Waals surface area contributed by atoms with Crippen molar-refractivity contribution in [3.05, 3.63) is 0 Å². The van der Waals surface area contributed by atoms with Crippen molar-refractivity contribution in [2.45, 2.75) is 80.1 Å². The van der Waals surface area contributed by atoms with Gasteiger partial charge in [0.2, 0.25) is 0 Å². The molecule has 0 heterocycles. The lowest BCUT2D eigenvalue weighted by atomic mass is 9.84.